The quantitative estimate of drug-likeness (QED) is 0.235. The summed E-state index contributed by atoms with van der Waals surface area (Å²) in [5, 5.41) is 13.7. The number of amides is 1. The molecule has 0 unspecified atom stereocenters. The lowest BCUT2D eigenvalue weighted by atomic mass is 10.2. The van der Waals surface area contributed by atoms with Crippen LogP contribution in [0.25, 0.3) is 0 Å². The molecule has 0 aliphatic heterocycles. The van der Waals surface area contributed by atoms with E-state index in [1.54, 1.807) is 18.4 Å². The van der Waals surface area contributed by atoms with E-state index in [-0.39, 0.29) is 17.2 Å². The summed E-state index contributed by atoms with van der Waals surface area (Å²) < 4.78 is 4.98. The highest BCUT2D eigenvalue weighted by Crippen LogP contribution is 2.28. The van der Waals surface area contributed by atoms with E-state index < -0.39 is 23.3 Å². The molecule has 1 aromatic heterocycles. The number of hydrogen-bond acceptors (Lipinski definition) is 8. The Labute approximate surface area is 163 Å². The predicted octanol–water partition coefficient (Wildman–Crippen LogP) is 3.05. The second-order valence-corrected chi connectivity index (χ2v) is 7.34. The second-order valence-electron chi connectivity index (χ2n) is 5.32. The van der Waals surface area contributed by atoms with E-state index in [2.05, 4.69) is 5.32 Å². The van der Waals surface area contributed by atoms with Gasteiger partial charge in [-0.3, -0.25) is 19.7 Å². The number of thiophene rings is 1. The minimum atomic E-state index is -0.811. The molecule has 0 aliphatic carbocycles. The molecule has 0 radical (unpaired) electrons. The lowest BCUT2D eigenvalue weighted by Gasteiger charge is -2.05. The van der Waals surface area contributed by atoms with Crippen LogP contribution in [0.3, 0.4) is 0 Å². The number of Topliss-reactive ketones (excluding diaryl/α,β-unsaturated/α-hetero) is 1. The van der Waals surface area contributed by atoms with Gasteiger partial charge in [0, 0.05) is 17.9 Å². The first-order chi connectivity index (χ1) is 12.8. The topological polar surface area (TPSA) is 116 Å². The zero-order valence-corrected chi connectivity index (χ0v) is 16.1. The van der Waals surface area contributed by atoms with Crippen LogP contribution in [0.1, 0.15) is 31.8 Å². The number of carbonyl (C=O) groups excluding carboxylic acids is 3. The summed E-state index contributed by atoms with van der Waals surface area (Å²) in [6, 6.07) is 7.32. The molecule has 0 fully saturated rings. The SMILES string of the molecule is CSc1ccc(C(=O)OCC(=O)c2ccc(CNC(C)=O)s2)cc1[N+](=O)[O-]. The van der Waals surface area contributed by atoms with Crippen LogP contribution in [0.5, 0.6) is 0 Å². The summed E-state index contributed by atoms with van der Waals surface area (Å²) in [4.78, 5) is 47.2. The molecule has 8 nitrogen and oxygen atoms in total. The van der Waals surface area contributed by atoms with Gasteiger partial charge in [-0.1, -0.05) is 0 Å². The van der Waals surface area contributed by atoms with Crippen molar-refractivity contribution in [1.82, 2.24) is 5.32 Å². The summed E-state index contributed by atoms with van der Waals surface area (Å²) in [6.07, 6.45) is 1.69. The number of thioether (sulfide) groups is 1. The Morgan fingerprint density at radius 2 is 2.00 bits per heavy atom. The van der Waals surface area contributed by atoms with Crippen molar-refractivity contribution >= 4 is 46.4 Å². The Bertz CT molecular complexity index is 893. The van der Waals surface area contributed by atoms with E-state index in [9.17, 15) is 24.5 Å². The number of nitro benzene ring substituents is 1. The number of ether oxygens (including phenoxy) is 1. The molecular weight excluding hydrogens is 392 g/mol. The van der Waals surface area contributed by atoms with E-state index in [0.717, 1.165) is 10.9 Å². The van der Waals surface area contributed by atoms with Crippen molar-refractivity contribution in [2.45, 2.75) is 18.4 Å². The first-order valence-corrected chi connectivity index (χ1v) is 9.72. The number of nitrogens with zero attached hydrogens (tertiary/aromatic N) is 1. The van der Waals surface area contributed by atoms with E-state index in [0.29, 0.717) is 16.3 Å². The Hall–Kier alpha value is -2.72. The maximum Gasteiger partial charge on any atom is 0.338 e. The number of nitro groups is 1. The summed E-state index contributed by atoms with van der Waals surface area (Å²) in [7, 11) is 0. The second kappa shape index (κ2) is 9.28. The van der Waals surface area contributed by atoms with Gasteiger partial charge in [-0.05, 0) is 30.5 Å². The predicted molar refractivity (Wildman–Crippen MR) is 101 cm³/mol. The van der Waals surface area contributed by atoms with Crippen LogP contribution in [0.15, 0.2) is 35.2 Å². The summed E-state index contributed by atoms with van der Waals surface area (Å²) >= 11 is 2.39. The average molecular weight is 408 g/mol. The van der Waals surface area contributed by atoms with Gasteiger partial charge in [0.15, 0.2) is 6.61 Å². The Morgan fingerprint density at radius 3 is 2.63 bits per heavy atom. The fraction of sp³-hybridized carbons (Fsp3) is 0.235. The van der Waals surface area contributed by atoms with Crippen LogP contribution in [-0.2, 0) is 16.1 Å². The number of benzene rings is 1. The van der Waals surface area contributed by atoms with Crippen LogP contribution in [-0.4, -0.2) is 35.4 Å². The number of ketones is 1. The monoisotopic (exact) mass is 408 g/mol. The zero-order valence-electron chi connectivity index (χ0n) is 14.5. The first-order valence-electron chi connectivity index (χ1n) is 7.67. The molecule has 1 N–H and O–H groups in total. The molecule has 1 aromatic carbocycles. The zero-order chi connectivity index (χ0) is 20.0. The Kier molecular flexibility index (Phi) is 7.08. The first kappa shape index (κ1) is 20.6. The van der Waals surface area contributed by atoms with E-state index in [4.69, 9.17) is 4.74 Å². The molecule has 2 rings (SSSR count). The van der Waals surface area contributed by atoms with Crippen molar-refractivity contribution in [3.05, 3.63) is 55.8 Å². The minimum absolute atomic E-state index is 0.00447. The van der Waals surface area contributed by atoms with Gasteiger partial charge in [0.05, 0.1) is 26.8 Å². The molecule has 0 spiro atoms. The number of carbonyl (C=O) groups is 3. The average Bonchev–Trinajstić information content (AvgIpc) is 3.12. The third-order valence-electron chi connectivity index (χ3n) is 3.39. The van der Waals surface area contributed by atoms with Gasteiger partial charge >= 0.3 is 5.97 Å². The number of esters is 1. The number of rotatable bonds is 8. The van der Waals surface area contributed by atoms with Gasteiger partial charge in [-0.25, -0.2) is 4.79 Å². The lowest BCUT2D eigenvalue weighted by Crippen LogP contribution is -2.18. The molecule has 27 heavy (non-hydrogen) atoms. The lowest BCUT2D eigenvalue weighted by molar-refractivity contribution is -0.387. The van der Waals surface area contributed by atoms with E-state index in [1.165, 1.54) is 42.2 Å². The molecule has 2 aromatic rings. The molecule has 142 valence electrons. The van der Waals surface area contributed by atoms with Crippen molar-refractivity contribution in [2.24, 2.45) is 0 Å². The van der Waals surface area contributed by atoms with Crippen molar-refractivity contribution in [2.75, 3.05) is 12.9 Å². The third kappa shape index (κ3) is 5.63. The van der Waals surface area contributed by atoms with Crippen LogP contribution in [0.2, 0.25) is 0 Å². The summed E-state index contributed by atoms with van der Waals surface area (Å²) in [5.41, 5.74) is -0.186. The van der Waals surface area contributed by atoms with E-state index in [1.807, 2.05) is 0 Å². The molecule has 1 amide bonds. The van der Waals surface area contributed by atoms with E-state index >= 15 is 0 Å². The Morgan fingerprint density at radius 1 is 1.26 bits per heavy atom. The molecule has 0 saturated carbocycles. The maximum absolute atomic E-state index is 12.1. The molecule has 1 heterocycles. The minimum Gasteiger partial charge on any atom is -0.454 e. The molecule has 10 heteroatoms. The van der Waals surface area contributed by atoms with Gasteiger partial charge in [0.1, 0.15) is 0 Å². The number of nitrogens with one attached hydrogen (secondary N) is 1. The van der Waals surface area contributed by atoms with Crippen molar-refractivity contribution in [1.29, 1.82) is 0 Å². The van der Waals surface area contributed by atoms with Gasteiger partial charge < -0.3 is 10.1 Å². The van der Waals surface area contributed by atoms with Crippen molar-refractivity contribution in [3.8, 4) is 0 Å². The Balaban J connectivity index is 1.99. The van der Waals surface area contributed by atoms with Crippen LogP contribution < -0.4 is 5.32 Å². The fourth-order valence-electron chi connectivity index (χ4n) is 2.08. The third-order valence-corrected chi connectivity index (χ3v) is 5.30. The molecular formula is C17H16N2O6S2. The normalized spacial score (nSPS) is 10.3. The van der Waals surface area contributed by atoms with Crippen molar-refractivity contribution < 1.29 is 24.0 Å². The van der Waals surface area contributed by atoms with Gasteiger partial charge in [-0.2, -0.15) is 0 Å². The summed E-state index contributed by atoms with van der Waals surface area (Å²) in [5.74, 6) is -1.38. The smallest absolute Gasteiger partial charge is 0.338 e. The highest BCUT2D eigenvalue weighted by Gasteiger charge is 2.19. The highest BCUT2D eigenvalue weighted by molar-refractivity contribution is 7.98. The fourth-order valence-corrected chi connectivity index (χ4v) is 3.50. The standard InChI is InChI=1S/C17H16N2O6S2/c1-10(20)18-8-12-4-6-16(27-12)14(21)9-25-17(22)11-3-5-15(26-2)13(7-11)19(23)24/h3-7H,8-9H2,1-2H3,(H,18,20). The van der Waals surface area contributed by atoms with Crippen LogP contribution in [0, 0.1) is 10.1 Å². The van der Waals surface area contributed by atoms with Crippen molar-refractivity contribution in [3.63, 3.8) is 0 Å². The van der Waals surface area contributed by atoms with Crippen LogP contribution in [0.4, 0.5) is 5.69 Å². The highest BCUT2D eigenvalue weighted by atomic mass is 32.2. The molecule has 0 saturated heterocycles. The van der Waals surface area contributed by atoms with Gasteiger partial charge in [0.25, 0.3) is 5.69 Å². The maximum atomic E-state index is 12.1. The van der Waals surface area contributed by atoms with Gasteiger partial charge in [-0.15, -0.1) is 23.1 Å². The molecule has 0 atom stereocenters. The molecule has 0 aliphatic rings. The van der Waals surface area contributed by atoms with Crippen LogP contribution >= 0.6 is 23.1 Å². The summed E-state index contributed by atoms with van der Waals surface area (Å²) in [6.45, 7) is 1.24. The van der Waals surface area contributed by atoms with Gasteiger partial charge in [0.2, 0.25) is 11.7 Å². The number of hydrogen-bond donors (Lipinski definition) is 1. The molecule has 0 bridgehead atoms. The largest absolute Gasteiger partial charge is 0.454 e.